The van der Waals surface area contributed by atoms with Crippen LogP contribution >= 0.6 is 0 Å². The van der Waals surface area contributed by atoms with Crippen molar-refractivity contribution in [1.29, 1.82) is 0 Å². The van der Waals surface area contributed by atoms with E-state index in [2.05, 4.69) is 0 Å². The molecule has 0 spiro atoms. The zero-order valence-corrected chi connectivity index (χ0v) is 9.13. The van der Waals surface area contributed by atoms with Gasteiger partial charge in [-0.05, 0) is 42.9 Å². The number of hydrogen-bond acceptors (Lipinski definition) is 1. The molecule has 0 radical (unpaired) electrons. The van der Waals surface area contributed by atoms with E-state index < -0.39 is 11.6 Å². The maximum absolute atomic E-state index is 13.0. The lowest BCUT2D eigenvalue weighted by Gasteiger charge is -2.27. The van der Waals surface area contributed by atoms with E-state index in [0.717, 1.165) is 37.3 Å². The maximum atomic E-state index is 13.0. The standard InChI is InChI=1S/C13H16F2O/c14-11-6-5-9(8-12(11)15)7-10-3-1-2-4-13(10)16/h5-6,8,10,13,16H,1-4,7H2. The molecule has 3 heteroatoms. The summed E-state index contributed by atoms with van der Waals surface area (Å²) in [5.41, 5.74) is 0.768. The van der Waals surface area contributed by atoms with Crippen molar-refractivity contribution in [3.63, 3.8) is 0 Å². The van der Waals surface area contributed by atoms with E-state index in [0.29, 0.717) is 6.42 Å². The third kappa shape index (κ3) is 2.59. The summed E-state index contributed by atoms with van der Waals surface area (Å²) >= 11 is 0. The molecule has 0 aromatic heterocycles. The second-order valence-corrected chi connectivity index (χ2v) is 4.56. The Balaban J connectivity index is 2.05. The number of aliphatic hydroxyl groups excluding tert-OH is 1. The Morgan fingerprint density at radius 1 is 1.12 bits per heavy atom. The fraction of sp³-hybridized carbons (Fsp3) is 0.538. The Hall–Kier alpha value is -0.960. The average Bonchev–Trinajstić information content (AvgIpc) is 2.27. The van der Waals surface area contributed by atoms with Gasteiger partial charge >= 0.3 is 0 Å². The molecule has 2 atom stereocenters. The normalized spacial score (nSPS) is 25.7. The Kier molecular flexibility index (Phi) is 3.54. The monoisotopic (exact) mass is 226 g/mol. The molecule has 0 amide bonds. The molecule has 1 fully saturated rings. The molecule has 0 heterocycles. The number of halogens is 2. The van der Waals surface area contributed by atoms with E-state index >= 15 is 0 Å². The molecule has 0 bridgehead atoms. The number of rotatable bonds is 2. The summed E-state index contributed by atoms with van der Waals surface area (Å²) in [7, 11) is 0. The van der Waals surface area contributed by atoms with Crippen molar-refractivity contribution in [2.45, 2.75) is 38.2 Å². The predicted octanol–water partition coefficient (Wildman–Crippen LogP) is 3.06. The van der Waals surface area contributed by atoms with Crippen LogP contribution in [0.15, 0.2) is 18.2 Å². The SMILES string of the molecule is OC1CCCCC1Cc1ccc(F)c(F)c1. The van der Waals surface area contributed by atoms with Gasteiger partial charge in [0, 0.05) is 0 Å². The number of benzene rings is 1. The first kappa shape index (κ1) is 11.5. The minimum Gasteiger partial charge on any atom is -0.393 e. The molecule has 1 N–H and O–H groups in total. The van der Waals surface area contributed by atoms with Crippen LogP contribution in [-0.2, 0) is 6.42 Å². The zero-order chi connectivity index (χ0) is 11.5. The highest BCUT2D eigenvalue weighted by Gasteiger charge is 2.23. The second-order valence-electron chi connectivity index (χ2n) is 4.56. The summed E-state index contributed by atoms with van der Waals surface area (Å²) in [6.07, 6.45) is 4.33. The molecule has 0 aliphatic heterocycles. The summed E-state index contributed by atoms with van der Waals surface area (Å²) in [6.45, 7) is 0. The molecular formula is C13H16F2O. The number of hydrogen-bond donors (Lipinski definition) is 1. The van der Waals surface area contributed by atoms with Crippen molar-refractivity contribution in [2.24, 2.45) is 5.92 Å². The Morgan fingerprint density at radius 3 is 2.56 bits per heavy atom. The summed E-state index contributed by atoms with van der Waals surface area (Å²) in [5, 5.41) is 9.79. The van der Waals surface area contributed by atoms with Crippen LogP contribution in [0.3, 0.4) is 0 Å². The van der Waals surface area contributed by atoms with Crippen LogP contribution in [0, 0.1) is 17.6 Å². The van der Waals surface area contributed by atoms with E-state index in [9.17, 15) is 13.9 Å². The quantitative estimate of drug-likeness (QED) is 0.821. The van der Waals surface area contributed by atoms with E-state index in [-0.39, 0.29) is 12.0 Å². The van der Waals surface area contributed by atoms with Crippen molar-refractivity contribution >= 4 is 0 Å². The molecule has 1 aromatic rings. The van der Waals surface area contributed by atoms with Gasteiger partial charge in [0.15, 0.2) is 11.6 Å². The minimum absolute atomic E-state index is 0.193. The third-order valence-electron chi connectivity index (χ3n) is 3.35. The highest BCUT2D eigenvalue weighted by atomic mass is 19.2. The molecule has 1 aliphatic carbocycles. The van der Waals surface area contributed by atoms with Crippen molar-refractivity contribution in [3.8, 4) is 0 Å². The molecule has 88 valence electrons. The van der Waals surface area contributed by atoms with Gasteiger partial charge in [0.25, 0.3) is 0 Å². The Labute approximate surface area is 94.1 Å². The van der Waals surface area contributed by atoms with E-state index in [1.165, 1.54) is 6.07 Å². The predicted molar refractivity (Wildman–Crippen MR) is 58.0 cm³/mol. The Morgan fingerprint density at radius 2 is 1.88 bits per heavy atom. The van der Waals surface area contributed by atoms with Gasteiger partial charge in [-0.2, -0.15) is 0 Å². The molecule has 1 nitrogen and oxygen atoms in total. The second kappa shape index (κ2) is 4.91. The van der Waals surface area contributed by atoms with Crippen LogP contribution in [0.5, 0.6) is 0 Å². The van der Waals surface area contributed by atoms with Gasteiger partial charge in [0.1, 0.15) is 0 Å². The zero-order valence-electron chi connectivity index (χ0n) is 9.13. The van der Waals surface area contributed by atoms with Gasteiger partial charge in [-0.15, -0.1) is 0 Å². The maximum Gasteiger partial charge on any atom is 0.159 e. The van der Waals surface area contributed by atoms with Crippen LogP contribution in [-0.4, -0.2) is 11.2 Å². The molecule has 1 aromatic carbocycles. The Bertz CT molecular complexity index is 365. The summed E-state index contributed by atoms with van der Waals surface area (Å²) in [6, 6.07) is 3.98. The lowest BCUT2D eigenvalue weighted by Crippen LogP contribution is -2.26. The van der Waals surface area contributed by atoms with Gasteiger partial charge in [0.2, 0.25) is 0 Å². The average molecular weight is 226 g/mol. The molecule has 2 unspecified atom stereocenters. The van der Waals surface area contributed by atoms with Crippen molar-refractivity contribution < 1.29 is 13.9 Å². The summed E-state index contributed by atoms with van der Waals surface area (Å²) < 4.78 is 25.7. The minimum atomic E-state index is -0.812. The van der Waals surface area contributed by atoms with Gasteiger partial charge in [0.05, 0.1) is 6.10 Å². The largest absolute Gasteiger partial charge is 0.393 e. The van der Waals surface area contributed by atoms with Crippen LogP contribution in [0.4, 0.5) is 8.78 Å². The van der Waals surface area contributed by atoms with Gasteiger partial charge in [-0.1, -0.05) is 18.9 Å². The molecule has 2 rings (SSSR count). The van der Waals surface area contributed by atoms with Crippen molar-refractivity contribution in [1.82, 2.24) is 0 Å². The van der Waals surface area contributed by atoms with Crippen LogP contribution in [0.2, 0.25) is 0 Å². The molecule has 1 saturated carbocycles. The lowest BCUT2D eigenvalue weighted by molar-refractivity contribution is 0.0700. The summed E-state index contributed by atoms with van der Waals surface area (Å²) in [5.74, 6) is -1.42. The van der Waals surface area contributed by atoms with Gasteiger partial charge in [-0.3, -0.25) is 0 Å². The first-order valence-electron chi connectivity index (χ1n) is 5.79. The molecule has 0 saturated heterocycles. The van der Waals surface area contributed by atoms with Crippen molar-refractivity contribution in [3.05, 3.63) is 35.4 Å². The topological polar surface area (TPSA) is 20.2 Å². The highest BCUT2D eigenvalue weighted by molar-refractivity contribution is 5.18. The smallest absolute Gasteiger partial charge is 0.159 e. The van der Waals surface area contributed by atoms with E-state index in [1.807, 2.05) is 0 Å². The van der Waals surface area contributed by atoms with Gasteiger partial charge < -0.3 is 5.11 Å². The lowest BCUT2D eigenvalue weighted by atomic mass is 9.82. The van der Waals surface area contributed by atoms with Gasteiger partial charge in [-0.25, -0.2) is 8.78 Å². The fourth-order valence-corrected chi connectivity index (χ4v) is 2.40. The van der Waals surface area contributed by atoms with E-state index in [4.69, 9.17) is 0 Å². The molecule has 16 heavy (non-hydrogen) atoms. The van der Waals surface area contributed by atoms with Crippen molar-refractivity contribution in [2.75, 3.05) is 0 Å². The van der Waals surface area contributed by atoms with Crippen LogP contribution < -0.4 is 0 Å². The highest BCUT2D eigenvalue weighted by Crippen LogP contribution is 2.27. The number of aliphatic hydroxyl groups is 1. The fourth-order valence-electron chi connectivity index (χ4n) is 2.40. The molecular weight excluding hydrogens is 210 g/mol. The molecule has 1 aliphatic rings. The first-order chi connectivity index (χ1) is 7.66. The first-order valence-corrected chi connectivity index (χ1v) is 5.79. The van der Waals surface area contributed by atoms with Crippen LogP contribution in [0.1, 0.15) is 31.2 Å². The summed E-state index contributed by atoms with van der Waals surface area (Å²) in [4.78, 5) is 0. The third-order valence-corrected chi connectivity index (χ3v) is 3.35. The van der Waals surface area contributed by atoms with Crippen LogP contribution in [0.25, 0.3) is 0 Å². The van der Waals surface area contributed by atoms with E-state index in [1.54, 1.807) is 6.07 Å².